The first-order valence-electron chi connectivity index (χ1n) is 11.1. The molecule has 2 aliphatic rings. The molecule has 1 fully saturated rings. The number of halogens is 1. The Hall–Kier alpha value is -4.01. The summed E-state index contributed by atoms with van der Waals surface area (Å²) in [5, 5.41) is 3.14. The maximum absolute atomic E-state index is 13.1. The average molecular weight is 465 g/mol. The van der Waals surface area contributed by atoms with E-state index in [4.69, 9.17) is 4.74 Å². The van der Waals surface area contributed by atoms with Gasteiger partial charge in [0.25, 0.3) is 17.7 Å². The number of anilines is 1. The fourth-order valence-electron chi connectivity index (χ4n) is 4.00. The Balaban J connectivity index is 1.34. The van der Waals surface area contributed by atoms with Crippen molar-refractivity contribution in [3.05, 3.63) is 77.2 Å². The van der Waals surface area contributed by atoms with Gasteiger partial charge in [0, 0.05) is 30.8 Å². The van der Waals surface area contributed by atoms with Gasteiger partial charge in [0.1, 0.15) is 11.5 Å². The van der Waals surface area contributed by atoms with E-state index in [1.807, 2.05) is 0 Å². The molecule has 1 saturated heterocycles. The summed E-state index contributed by atoms with van der Waals surface area (Å²) in [6.07, 6.45) is 2.46. The van der Waals surface area contributed by atoms with Gasteiger partial charge in [-0.2, -0.15) is 0 Å². The summed E-state index contributed by atoms with van der Waals surface area (Å²) in [4.78, 5) is 52.5. The van der Waals surface area contributed by atoms with E-state index >= 15 is 0 Å². The van der Waals surface area contributed by atoms with Gasteiger partial charge in [-0.05, 0) is 68.3 Å². The molecule has 0 aromatic heterocycles. The second-order valence-corrected chi connectivity index (χ2v) is 8.02. The summed E-state index contributed by atoms with van der Waals surface area (Å²) in [6, 6.07) is 11.4. The van der Waals surface area contributed by atoms with Gasteiger partial charge in [-0.3, -0.25) is 14.4 Å². The summed E-state index contributed by atoms with van der Waals surface area (Å²) in [6.45, 7) is 2.91. The highest BCUT2D eigenvalue weighted by molar-refractivity contribution is 6.30. The number of carbonyl (C=O) groups is 4. The van der Waals surface area contributed by atoms with Gasteiger partial charge >= 0.3 is 5.97 Å². The minimum Gasteiger partial charge on any atom is -0.462 e. The number of piperidine rings is 1. The lowest BCUT2D eigenvalue weighted by Crippen LogP contribution is -2.45. The number of hydrogen-bond donors (Lipinski definition) is 1. The number of carbonyl (C=O) groups excluding carboxylic acids is 4. The number of likely N-dealkylation sites (tertiary alicyclic amines) is 1. The van der Waals surface area contributed by atoms with Crippen molar-refractivity contribution in [2.75, 3.05) is 24.6 Å². The zero-order valence-corrected chi connectivity index (χ0v) is 18.6. The SMILES string of the molecule is CCOC(=O)c1ccc(N2C(=O)C=C(NC3CCN(C(=O)c4ccc(F)cc4)CC3)C2=O)cc1. The molecule has 0 atom stereocenters. The largest absolute Gasteiger partial charge is 0.462 e. The molecule has 1 N–H and O–H groups in total. The Morgan fingerprint density at radius 2 is 1.62 bits per heavy atom. The first-order valence-corrected chi connectivity index (χ1v) is 11.1. The Kier molecular flexibility index (Phi) is 6.72. The van der Waals surface area contributed by atoms with E-state index in [1.165, 1.54) is 54.6 Å². The van der Waals surface area contributed by atoms with Crippen LogP contribution >= 0.6 is 0 Å². The topological polar surface area (TPSA) is 96.0 Å². The van der Waals surface area contributed by atoms with Gasteiger partial charge in [-0.1, -0.05) is 0 Å². The van der Waals surface area contributed by atoms with E-state index in [0.717, 1.165) is 4.90 Å². The van der Waals surface area contributed by atoms with Crippen LogP contribution in [0.25, 0.3) is 0 Å². The molecule has 0 bridgehead atoms. The third-order valence-electron chi connectivity index (χ3n) is 5.79. The highest BCUT2D eigenvalue weighted by Crippen LogP contribution is 2.24. The van der Waals surface area contributed by atoms with Crippen LogP contribution in [0, 0.1) is 5.82 Å². The number of nitrogens with one attached hydrogen (secondary N) is 1. The molecule has 8 nitrogen and oxygen atoms in total. The van der Waals surface area contributed by atoms with Crippen LogP contribution < -0.4 is 10.2 Å². The number of imide groups is 1. The molecule has 0 aliphatic carbocycles. The normalized spacial score (nSPS) is 16.5. The molecular formula is C25H24FN3O5. The first-order chi connectivity index (χ1) is 16.4. The number of amides is 3. The average Bonchev–Trinajstić information content (AvgIpc) is 3.12. The fourth-order valence-corrected chi connectivity index (χ4v) is 4.00. The van der Waals surface area contributed by atoms with E-state index < -0.39 is 23.6 Å². The van der Waals surface area contributed by atoms with E-state index in [-0.39, 0.29) is 24.3 Å². The van der Waals surface area contributed by atoms with Crippen molar-refractivity contribution in [3.8, 4) is 0 Å². The maximum atomic E-state index is 13.1. The lowest BCUT2D eigenvalue weighted by Gasteiger charge is -2.33. The second kappa shape index (κ2) is 9.86. The van der Waals surface area contributed by atoms with E-state index in [2.05, 4.69) is 5.32 Å². The minimum absolute atomic E-state index is 0.0774. The predicted molar refractivity (Wildman–Crippen MR) is 121 cm³/mol. The maximum Gasteiger partial charge on any atom is 0.338 e. The smallest absolute Gasteiger partial charge is 0.338 e. The molecule has 9 heteroatoms. The molecule has 0 radical (unpaired) electrons. The van der Waals surface area contributed by atoms with Crippen molar-refractivity contribution in [2.45, 2.75) is 25.8 Å². The van der Waals surface area contributed by atoms with E-state index in [9.17, 15) is 23.6 Å². The quantitative estimate of drug-likeness (QED) is 0.521. The molecular weight excluding hydrogens is 441 g/mol. The molecule has 0 unspecified atom stereocenters. The molecule has 0 saturated carbocycles. The van der Waals surface area contributed by atoms with E-state index in [1.54, 1.807) is 11.8 Å². The number of hydrogen-bond acceptors (Lipinski definition) is 6. The van der Waals surface area contributed by atoms with Crippen LogP contribution in [0.1, 0.15) is 40.5 Å². The highest BCUT2D eigenvalue weighted by atomic mass is 19.1. The van der Waals surface area contributed by atoms with Crippen molar-refractivity contribution < 1.29 is 28.3 Å². The molecule has 0 spiro atoms. The number of esters is 1. The molecule has 2 aromatic carbocycles. The van der Waals surface area contributed by atoms with Gasteiger partial charge in [0.05, 0.1) is 17.9 Å². The Morgan fingerprint density at radius 1 is 1.00 bits per heavy atom. The number of rotatable bonds is 6. The van der Waals surface area contributed by atoms with Gasteiger partial charge in [0.15, 0.2) is 0 Å². The van der Waals surface area contributed by atoms with Crippen molar-refractivity contribution in [1.29, 1.82) is 0 Å². The van der Waals surface area contributed by atoms with Crippen LogP contribution in [0.4, 0.5) is 10.1 Å². The highest BCUT2D eigenvalue weighted by Gasteiger charge is 2.34. The molecule has 34 heavy (non-hydrogen) atoms. The van der Waals surface area contributed by atoms with Crippen LogP contribution in [0.2, 0.25) is 0 Å². The Morgan fingerprint density at radius 3 is 2.24 bits per heavy atom. The summed E-state index contributed by atoms with van der Waals surface area (Å²) < 4.78 is 18.0. The zero-order chi connectivity index (χ0) is 24.2. The van der Waals surface area contributed by atoms with Gasteiger partial charge in [-0.25, -0.2) is 14.1 Å². The van der Waals surface area contributed by atoms with Crippen LogP contribution in [-0.2, 0) is 14.3 Å². The molecule has 2 heterocycles. The van der Waals surface area contributed by atoms with Gasteiger partial charge in [0.2, 0.25) is 0 Å². The molecule has 2 aromatic rings. The fraction of sp³-hybridized carbons (Fsp3) is 0.280. The monoisotopic (exact) mass is 465 g/mol. The third-order valence-corrected chi connectivity index (χ3v) is 5.79. The summed E-state index contributed by atoms with van der Waals surface area (Å²) >= 11 is 0. The zero-order valence-electron chi connectivity index (χ0n) is 18.6. The second-order valence-electron chi connectivity index (χ2n) is 8.02. The van der Waals surface area contributed by atoms with Crippen LogP contribution in [-0.4, -0.2) is 54.3 Å². The Bertz CT molecular complexity index is 1140. The number of benzene rings is 2. The van der Waals surface area contributed by atoms with Crippen molar-refractivity contribution in [1.82, 2.24) is 10.2 Å². The summed E-state index contributed by atoms with van der Waals surface area (Å²) in [7, 11) is 0. The van der Waals surface area contributed by atoms with Gasteiger partial charge < -0.3 is 15.0 Å². The predicted octanol–water partition coefficient (Wildman–Crippen LogP) is 2.65. The first kappa shape index (κ1) is 23.2. The Labute approximate surface area is 196 Å². The number of nitrogens with zero attached hydrogens (tertiary/aromatic N) is 2. The van der Waals surface area contributed by atoms with Crippen molar-refractivity contribution in [2.24, 2.45) is 0 Å². The molecule has 4 rings (SSSR count). The summed E-state index contributed by atoms with van der Waals surface area (Å²) in [5.41, 5.74) is 1.31. The van der Waals surface area contributed by atoms with Crippen molar-refractivity contribution >= 4 is 29.4 Å². The van der Waals surface area contributed by atoms with Gasteiger partial charge in [-0.15, -0.1) is 0 Å². The number of ether oxygens (including phenoxy) is 1. The molecule has 176 valence electrons. The van der Waals surface area contributed by atoms with Crippen LogP contribution in [0.5, 0.6) is 0 Å². The van der Waals surface area contributed by atoms with Crippen LogP contribution in [0.3, 0.4) is 0 Å². The van der Waals surface area contributed by atoms with Crippen LogP contribution in [0.15, 0.2) is 60.3 Å². The standard InChI is InChI=1S/C25H24FN3O5/c1-2-34-25(33)17-5-9-20(10-6-17)29-22(30)15-21(24(29)32)27-19-11-13-28(14-12-19)23(31)16-3-7-18(26)8-4-16/h3-10,15,19,27H,2,11-14H2,1H3. The lowest BCUT2D eigenvalue weighted by molar-refractivity contribution is -0.120. The minimum atomic E-state index is -0.474. The van der Waals surface area contributed by atoms with Crippen molar-refractivity contribution in [3.63, 3.8) is 0 Å². The lowest BCUT2D eigenvalue weighted by atomic mass is 10.0. The molecule has 2 aliphatic heterocycles. The molecule has 3 amide bonds. The third kappa shape index (κ3) is 4.83. The summed E-state index contributed by atoms with van der Waals surface area (Å²) in [5.74, 6) is -1.98. The van der Waals surface area contributed by atoms with E-state index in [0.29, 0.717) is 42.7 Å².